The summed E-state index contributed by atoms with van der Waals surface area (Å²) in [7, 11) is 1.91. The van der Waals surface area contributed by atoms with Gasteiger partial charge in [-0.3, -0.25) is 4.79 Å². The van der Waals surface area contributed by atoms with E-state index in [1.807, 2.05) is 31.1 Å². The SMILES string of the molecule is CC[Si](CC)(CC)Oc1ccc(NC(=O)CN(C)C)cc1CO. The summed E-state index contributed by atoms with van der Waals surface area (Å²) in [5.74, 6) is 0.669. The van der Waals surface area contributed by atoms with E-state index in [1.54, 1.807) is 6.07 Å². The van der Waals surface area contributed by atoms with Crippen molar-refractivity contribution in [2.75, 3.05) is 26.0 Å². The standard InChI is InChI=1S/C17H30N2O3Si/c1-6-23(7-2,8-3)22-16-10-9-15(11-14(16)13-20)18-17(21)12-19(4)5/h9-11,20H,6-8,12-13H2,1-5H3,(H,18,21). The number of nitrogens with one attached hydrogen (secondary N) is 1. The number of likely N-dealkylation sites (N-methyl/N-ethyl adjacent to an activating group) is 1. The molecule has 2 N–H and O–H groups in total. The number of amides is 1. The van der Waals surface area contributed by atoms with Crippen LogP contribution in [0.15, 0.2) is 18.2 Å². The lowest BCUT2D eigenvalue weighted by Gasteiger charge is -2.30. The summed E-state index contributed by atoms with van der Waals surface area (Å²) in [6, 6.07) is 8.63. The van der Waals surface area contributed by atoms with Crippen molar-refractivity contribution in [1.29, 1.82) is 0 Å². The van der Waals surface area contributed by atoms with Gasteiger partial charge in [-0.15, -0.1) is 0 Å². The van der Waals surface area contributed by atoms with Crippen LogP contribution in [0.3, 0.4) is 0 Å². The number of carbonyl (C=O) groups excluding carboxylic acids is 1. The molecule has 6 heteroatoms. The highest BCUT2D eigenvalue weighted by atomic mass is 28.4. The maximum absolute atomic E-state index is 11.8. The van der Waals surface area contributed by atoms with Gasteiger partial charge in [0.15, 0.2) is 0 Å². The van der Waals surface area contributed by atoms with E-state index < -0.39 is 8.32 Å². The summed E-state index contributed by atoms with van der Waals surface area (Å²) in [5, 5.41) is 12.5. The number of nitrogens with zero attached hydrogens (tertiary/aromatic N) is 1. The summed E-state index contributed by atoms with van der Waals surface area (Å²) >= 11 is 0. The molecular formula is C17H30N2O3Si. The van der Waals surface area contributed by atoms with Crippen LogP contribution in [0.2, 0.25) is 18.1 Å². The lowest BCUT2D eigenvalue weighted by atomic mass is 10.2. The molecule has 5 nitrogen and oxygen atoms in total. The van der Waals surface area contributed by atoms with Gasteiger partial charge in [0.25, 0.3) is 0 Å². The van der Waals surface area contributed by atoms with Crippen LogP contribution >= 0.6 is 0 Å². The monoisotopic (exact) mass is 338 g/mol. The molecule has 0 atom stereocenters. The molecule has 0 aliphatic rings. The number of aliphatic hydroxyl groups is 1. The second-order valence-corrected chi connectivity index (χ2v) is 10.8. The zero-order chi connectivity index (χ0) is 17.5. The number of rotatable bonds is 9. The maximum Gasteiger partial charge on any atom is 0.250 e. The molecule has 0 saturated carbocycles. The Morgan fingerprint density at radius 1 is 1.22 bits per heavy atom. The first-order chi connectivity index (χ1) is 10.9. The molecule has 23 heavy (non-hydrogen) atoms. The van der Waals surface area contributed by atoms with E-state index in [9.17, 15) is 9.90 Å². The third-order valence-corrected chi connectivity index (χ3v) is 8.75. The molecule has 0 bridgehead atoms. The van der Waals surface area contributed by atoms with Gasteiger partial charge in [0.05, 0.1) is 13.2 Å². The van der Waals surface area contributed by atoms with Crippen LogP contribution in [0.4, 0.5) is 5.69 Å². The summed E-state index contributed by atoms with van der Waals surface area (Å²) in [4.78, 5) is 13.6. The minimum atomic E-state index is -1.78. The van der Waals surface area contributed by atoms with Crippen LogP contribution in [0, 0.1) is 0 Å². The highest BCUT2D eigenvalue weighted by Crippen LogP contribution is 2.30. The molecule has 0 saturated heterocycles. The van der Waals surface area contributed by atoms with Gasteiger partial charge in [-0.1, -0.05) is 20.8 Å². The van der Waals surface area contributed by atoms with Crippen LogP contribution in [0.25, 0.3) is 0 Å². The Morgan fingerprint density at radius 3 is 2.30 bits per heavy atom. The summed E-state index contributed by atoms with van der Waals surface area (Å²) in [6.45, 7) is 6.74. The topological polar surface area (TPSA) is 61.8 Å². The van der Waals surface area contributed by atoms with Crippen molar-refractivity contribution in [3.05, 3.63) is 23.8 Å². The number of hydrogen-bond donors (Lipinski definition) is 2. The van der Waals surface area contributed by atoms with Crippen molar-refractivity contribution in [3.63, 3.8) is 0 Å². The van der Waals surface area contributed by atoms with E-state index in [0.717, 1.165) is 29.4 Å². The molecule has 0 aliphatic heterocycles. The smallest absolute Gasteiger partial charge is 0.250 e. The molecule has 0 aliphatic carbocycles. The number of anilines is 1. The fourth-order valence-electron chi connectivity index (χ4n) is 2.57. The second kappa shape index (κ2) is 9.05. The van der Waals surface area contributed by atoms with E-state index in [2.05, 4.69) is 26.1 Å². The quantitative estimate of drug-likeness (QED) is 0.679. The highest BCUT2D eigenvalue weighted by Gasteiger charge is 2.31. The Kier molecular flexibility index (Phi) is 7.74. The second-order valence-electron chi connectivity index (χ2n) is 6.11. The number of carbonyl (C=O) groups is 1. The molecule has 1 aromatic carbocycles. The normalized spacial score (nSPS) is 11.6. The van der Waals surface area contributed by atoms with Crippen LogP contribution in [-0.4, -0.2) is 44.9 Å². The van der Waals surface area contributed by atoms with E-state index in [4.69, 9.17) is 4.43 Å². The molecule has 1 amide bonds. The zero-order valence-corrected chi connectivity index (χ0v) is 16.0. The third-order valence-electron chi connectivity index (χ3n) is 4.23. The van der Waals surface area contributed by atoms with Crippen molar-refractivity contribution in [2.24, 2.45) is 0 Å². The van der Waals surface area contributed by atoms with Crippen LogP contribution in [0.5, 0.6) is 5.75 Å². The average molecular weight is 339 g/mol. The van der Waals surface area contributed by atoms with Gasteiger partial charge < -0.3 is 19.7 Å². The fourth-order valence-corrected chi connectivity index (χ4v) is 5.17. The highest BCUT2D eigenvalue weighted by molar-refractivity contribution is 6.74. The lowest BCUT2D eigenvalue weighted by Crippen LogP contribution is -2.39. The van der Waals surface area contributed by atoms with Gasteiger partial charge in [-0.05, 0) is 50.4 Å². The molecule has 0 aromatic heterocycles. The van der Waals surface area contributed by atoms with Crippen molar-refractivity contribution >= 4 is 19.9 Å². The molecule has 0 spiro atoms. The maximum atomic E-state index is 11.8. The van der Waals surface area contributed by atoms with E-state index >= 15 is 0 Å². The summed E-state index contributed by atoms with van der Waals surface area (Å²) in [5.41, 5.74) is 1.41. The number of aliphatic hydroxyl groups excluding tert-OH is 1. The first kappa shape index (κ1) is 19.7. The molecular weight excluding hydrogens is 308 g/mol. The van der Waals surface area contributed by atoms with Crippen molar-refractivity contribution in [2.45, 2.75) is 45.5 Å². The molecule has 0 unspecified atom stereocenters. The van der Waals surface area contributed by atoms with Gasteiger partial charge >= 0.3 is 0 Å². The van der Waals surface area contributed by atoms with Crippen LogP contribution < -0.4 is 9.74 Å². The van der Waals surface area contributed by atoms with Gasteiger partial charge in [0.1, 0.15) is 5.75 Å². The molecule has 1 rings (SSSR count). The van der Waals surface area contributed by atoms with E-state index in [0.29, 0.717) is 12.2 Å². The average Bonchev–Trinajstić information content (AvgIpc) is 2.53. The van der Waals surface area contributed by atoms with Crippen molar-refractivity contribution in [1.82, 2.24) is 4.90 Å². The molecule has 0 fully saturated rings. The van der Waals surface area contributed by atoms with E-state index in [1.165, 1.54) is 0 Å². The fraction of sp³-hybridized carbons (Fsp3) is 0.588. The van der Waals surface area contributed by atoms with E-state index in [-0.39, 0.29) is 12.5 Å². The van der Waals surface area contributed by atoms with Gasteiger partial charge in [0, 0.05) is 11.3 Å². The Bertz CT molecular complexity index is 508. The predicted octanol–water partition coefficient (Wildman–Crippen LogP) is 3.06. The minimum Gasteiger partial charge on any atom is -0.543 e. The van der Waals surface area contributed by atoms with Crippen molar-refractivity contribution in [3.8, 4) is 5.75 Å². The van der Waals surface area contributed by atoms with Gasteiger partial charge in [-0.25, -0.2) is 0 Å². The predicted molar refractivity (Wildman–Crippen MR) is 97.4 cm³/mol. The first-order valence-corrected chi connectivity index (χ1v) is 10.8. The molecule has 130 valence electrons. The van der Waals surface area contributed by atoms with Crippen LogP contribution in [0.1, 0.15) is 26.3 Å². The first-order valence-electron chi connectivity index (χ1n) is 8.27. The lowest BCUT2D eigenvalue weighted by molar-refractivity contribution is -0.116. The van der Waals surface area contributed by atoms with Crippen molar-refractivity contribution < 1.29 is 14.3 Å². The van der Waals surface area contributed by atoms with Crippen LogP contribution in [-0.2, 0) is 11.4 Å². The number of hydrogen-bond acceptors (Lipinski definition) is 4. The summed E-state index contributed by atoms with van der Waals surface area (Å²) in [6.07, 6.45) is 0. The molecule has 1 aromatic rings. The Balaban J connectivity index is 2.94. The number of benzene rings is 1. The Hall–Kier alpha value is -1.37. The van der Waals surface area contributed by atoms with Gasteiger partial charge in [0.2, 0.25) is 14.2 Å². The Labute approximate surface area is 140 Å². The molecule has 0 heterocycles. The molecule has 0 radical (unpaired) electrons. The zero-order valence-electron chi connectivity index (χ0n) is 15.0. The Morgan fingerprint density at radius 2 is 1.83 bits per heavy atom. The van der Waals surface area contributed by atoms with Gasteiger partial charge in [-0.2, -0.15) is 0 Å². The largest absolute Gasteiger partial charge is 0.543 e. The summed E-state index contributed by atoms with van der Waals surface area (Å²) < 4.78 is 6.35. The third kappa shape index (κ3) is 5.64. The minimum absolute atomic E-state index is 0.0769.